The predicted molar refractivity (Wildman–Crippen MR) is 28.8 cm³/mol. The molecule has 32 valence electrons. The van der Waals surface area contributed by atoms with Crippen LogP contribution in [-0.4, -0.2) is 38.6 Å². The zero-order chi connectivity index (χ0) is 4.41. The molecule has 1 heterocycles. The van der Waals surface area contributed by atoms with E-state index in [0.717, 1.165) is 0 Å². The Morgan fingerprint density at radius 2 is 2.50 bits per heavy atom. The molecule has 1 rings (SSSR count). The molecule has 0 N–H and O–H groups in total. The Balaban J connectivity index is 2.86. The minimum atomic E-state index is -1.94. The van der Waals surface area contributed by atoms with Crippen LogP contribution in [0.5, 0.6) is 0 Å². The molecule has 0 radical (unpaired) electrons. The number of rotatable bonds is 0. The molecule has 0 saturated heterocycles. The molecule has 0 bridgehead atoms. The van der Waals surface area contributed by atoms with Crippen LogP contribution in [0.2, 0.25) is 0 Å². The van der Waals surface area contributed by atoms with Crippen molar-refractivity contribution in [2.24, 2.45) is 0 Å². The normalized spacial score (nSPS) is 29.0. The average Bonchev–Trinajstić information content (AvgIpc) is 1.86. The first kappa shape index (κ1) is 5.32. The maximum absolute atomic E-state index is 10.5. The third-order valence-corrected chi connectivity index (χ3v) is 23.5. The van der Waals surface area contributed by atoms with Crippen LogP contribution in [0.1, 0.15) is 0 Å². The molecular weight excluding hydrogens is 470 g/mol. The molecule has 0 aromatic carbocycles. The molecule has 0 aromatic rings. The topological polar surface area (TPSA) is 17.1 Å². The summed E-state index contributed by atoms with van der Waals surface area (Å²) in [6, 6.07) is 0. The van der Waals surface area contributed by atoms with Gasteiger partial charge in [0.05, 0.1) is 0 Å². The fourth-order valence-electron chi connectivity index (χ4n) is 0.285. The quantitative estimate of drug-likeness (QED) is 0.423. The molecule has 1 nitrogen and oxygen atoms in total. The first-order valence-corrected chi connectivity index (χ1v) is 24.5. The van der Waals surface area contributed by atoms with E-state index in [4.69, 9.17) is 0 Å². The zero-order valence-electron chi connectivity index (χ0n) is 3.09. The van der Waals surface area contributed by atoms with Crippen molar-refractivity contribution in [3.63, 3.8) is 0 Å². The molecule has 1 aliphatic heterocycles. The fourth-order valence-corrected chi connectivity index (χ4v) is 19.3. The Morgan fingerprint density at radius 1 is 1.67 bits per heavy atom. The van der Waals surface area contributed by atoms with E-state index in [-0.39, 0.29) is 0 Å². The third-order valence-electron chi connectivity index (χ3n) is 0.527. The molecule has 0 fully saturated rings. The van der Waals surface area contributed by atoms with Gasteiger partial charge in [-0.1, -0.05) is 0 Å². The van der Waals surface area contributed by atoms with E-state index in [0.29, 0.717) is 0 Å². The molecule has 1 atom stereocenters. The van der Waals surface area contributed by atoms with Gasteiger partial charge < -0.3 is 0 Å². The summed E-state index contributed by atoms with van der Waals surface area (Å²) in [6.45, 7) is 0. The van der Waals surface area contributed by atoms with Crippen molar-refractivity contribution in [2.45, 2.75) is 0 Å². The summed E-state index contributed by atoms with van der Waals surface area (Å²) in [5, 5.41) is 0. The molecule has 0 spiro atoms. The van der Waals surface area contributed by atoms with Crippen LogP contribution in [0.25, 0.3) is 0 Å². The van der Waals surface area contributed by atoms with E-state index in [1.165, 1.54) is 0 Å². The van der Waals surface area contributed by atoms with Crippen molar-refractivity contribution in [3.05, 3.63) is 9.86 Å². The van der Waals surface area contributed by atoms with Gasteiger partial charge in [0.25, 0.3) is 0 Å². The Hall–Kier alpha value is 1.18. The van der Waals surface area contributed by atoms with Crippen LogP contribution < -0.4 is 0 Å². The van der Waals surface area contributed by atoms with Gasteiger partial charge in [-0.05, 0) is 0 Å². The summed E-state index contributed by atoms with van der Waals surface area (Å²) in [5.41, 5.74) is 0. The van der Waals surface area contributed by atoms with E-state index in [2.05, 4.69) is 3.71 Å². The van der Waals surface area contributed by atoms with Gasteiger partial charge in [-0.25, -0.2) is 0 Å². The van der Waals surface area contributed by atoms with Crippen LogP contribution in [0.4, 0.5) is 0 Å². The summed E-state index contributed by atoms with van der Waals surface area (Å²) in [4.78, 5) is 0. The van der Waals surface area contributed by atoms with Gasteiger partial charge in [-0.3, -0.25) is 0 Å². The number of allylic oxidation sites excluding steroid dienone is 1. The van der Waals surface area contributed by atoms with E-state index < -0.39 is 34.9 Å². The standard InChI is InChI=1S/C3H3.2Bi.O.H/c1-3-2;;;;/h1-3H;;;;. The third kappa shape index (κ3) is 1.35. The number of hydrogen-bond acceptors (Lipinski definition) is 1. The van der Waals surface area contributed by atoms with Crippen LogP contribution in [0.15, 0.2) is 9.86 Å². The van der Waals surface area contributed by atoms with Crippen molar-refractivity contribution in [1.29, 1.82) is 0 Å². The Kier molecular flexibility index (Phi) is 2.19. The van der Waals surface area contributed by atoms with Gasteiger partial charge in [0.1, 0.15) is 0 Å². The van der Waals surface area contributed by atoms with E-state index in [9.17, 15) is 2.81 Å². The van der Waals surface area contributed by atoms with Crippen LogP contribution in [-0.2, 0) is 2.81 Å². The Labute approximate surface area is 50.6 Å². The minimum absolute atomic E-state index is 0.417. The molecule has 6 heavy (non-hydrogen) atoms. The first-order chi connectivity index (χ1) is 2.89. The molecule has 0 aliphatic carbocycles. The average molecular weight is 474 g/mol. The molecule has 3 heteroatoms. The van der Waals surface area contributed by atoms with Gasteiger partial charge in [0.15, 0.2) is 0 Å². The SMILES string of the molecule is [O]=[BiH]1[CH]=C[CH]=[Bi]1. The monoisotopic (exact) mass is 474 g/mol. The Bertz CT molecular complexity index is 111. The molecule has 1 aliphatic rings. The second kappa shape index (κ2) is 2.48. The van der Waals surface area contributed by atoms with Gasteiger partial charge in [0.2, 0.25) is 0 Å². The summed E-state index contributed by atoms with van der Waals surface area (Å²) >= 11 is -2.36. The summed E-state index contributed by atoms with van der Waals surface area (Å²) in [5.74, 6) is 0. The summed E-state index contributed by atoms with van der Waals surface area (Å²) in [7, 11) is 0. The number of hydrogen-bond donors (Lipinski definition) is 0. The van der Waals surface area contributed by atoms with E-state index in [1.54, 1.807) is 0 Å². The van der Waals surface area contributed by atoms with Gasteiger partial charge in [-0.15, -0.1) is 0 Å². The van der Waals surface area contributed by atoms with E-state index in [1.807, 2.05) is 9.86 Å². The molecule has 0 amide bonds. The van der Waals surface area contributed by atoms with Gasteiger partial charge >= 0.3 is 51.3 Å². The first-order valence-electron chi connectivity index (χ1n) is 1.64. The second-order valence-corrected chi connectivity index (χ2v) is 30.9. The van der Waals surface area contributed by atoms with Crippen LogP contribution in [0, 0.1) is 0 Å². The van der Waals surface area contributed by atoms with Crippen LogP contribution in [0.3, 0.4) is 0 Å². The predicted octanol–water partition coefficient (Wildman–Crippen LogP) is -0.747. The Morgan fingerprint density at radius 3 is 2.67 bits per heavy atom. The zero-order valence-corrected chi connectivity index (χ0v) is 10.5. The van der Waals surface area contributed by atoms with Gasteiger partial charge in [-0.2, -0.15) is 0 Å². The summed E-state index contributed by atoms with van der Waals surface area (Å²) < 4.78 is 14.6. The maximum atomic E-state index is 10.5. The molecule has 1 unspecified atom stereocenters. The van der Waals surface area contributed by atoms with Crippen molar-refractivity contribution in [2.75, 3.05) is 0 Å². The summed E-state index contributed by atoms with van der Waals surface area (Å²) in [6.07, 6.45) is 1.99. The second-order valence-electron chi connectivity index (χ2n) is 0.976. The van der Waals surface area contributed by atoms with Crippen molar-refractivity contribution in [3.8, 4) is 0 Å². The fraction of sp³-hybridized carbons (Fsp3) is 0. The van der Waals surface area contributed by atoms with E-state index >= 15 is 0 Å². The van der Waals surface area contributed by atoms with Crippen molar-refractivity contribution >= 4 is 38.6 Å². The van der Waals surface area contributed by atoms with Crippen molar-refractivity contribution in [1.82, 2.24) is 0 Å². The molecular formula is C3H4Bi2O. The van der Waals surface area contributed by atoms with Crippen LogP contribution >= 0.6 is 0 Å². The van der Waals surface area contributed by atoms with Gasteiger partial charge in [0, 0.05) is 0 Å². The molecule has 0 aromatic heterocycles. The van der Waals surface area contributed by atoms with Crippen molar-refractivity contribution < 1.29 is 2.81 Å². The molecule has 0 saturated carbocycles.